The van der Waals surface area contributed by atoms with Crippen molar-refractivity contribution < 1.29 is 14.1 Å². The van der Waals surface area contributed by atoms with Crippen LogP contribution in [-0.2, 0) is 22.0 Å². The standard InChI is InChI=1S/C15H21NO3S/c1-10(2)7-11-3-5-12(6-4-11)13-8-20(19)9-14(16-13)15(17)18/h3-6,10,13-14,16H,7-9H2,1-2H3,(H,17,18). The molecule has 0 radical (unpaired) electrons. The zero-order chi connectivity index (χ0) is 14.7. The lowest BCUT2D eigenvalue weighted by atomic mass is 9.99. The number of nitrogens with one attached hydrogen (secondary N) is 1. The molecule has 3 unspecified atom stereocenters. The molecule has 1 aromatic rings. The molecule has 3 atom stereocenters. The van der Waals surface area contributed by atoms with Crippen LogP contribution >= 0.6 is 0 Å². The van der Waals surface area contributed by atoms with Gasteiger partial charge in [0.05, 0.1) is 0 Å². The third-order valence-electron chi connectivity index (χ3n) is 3.43. The zero-order valence-corrected chi connectivity index (χ0v) is 12.7. The van der Waals surface area contributed by atoms with Gasteiger partial charge in [0.1, 0.15) is 6.04 Å². The molecule has 1 fully saturated rings. The second-order valence-electron chi connectivity index (χ2n) is 5.72. The fourth-order valence-electron chi connectivity index (χ4n) is 2.47. The largest absolute Gasteiger partial charge is 0.480 e. The van der Waals surface area contributed by atoms with Gasteiger partial charge in [0.15, 0.2) is 0 Å². The van der Waals surface area contributed by atoms with Crippen LogP contribution in [0.1, 0.15) is 31.0 Å². The number of hydrogen-bond acceptors (Lipinski definition) is 3. The van der Waals surface area contributed by atoms with Crippen molar-refractivity contribution in [1.82, 2.24) is 5.32 Å². The molecule has 0 amide bonds. The van der Waals surface area contributed by atoms with Gasteiger partial charge >= 0.3 is 5.97 Å². The Morgan fingerprint density at radius 1 is 1.35 bits per heavy atom. The minimum absolute atomic E-state index is 0.140. The Morgan fingerprint density at radius 3 is 2.55 bits per heavy atom. The van der Waals surface area contributed by atoms with Gasteiger partial charge in [0, 0.05) is 28.3 Å². The molecular weight excluding hydrogens is 274 g/mol. The van der Waals surface area contributed by atoms with E-state index in [1.807, 2.05) is 12.1 Å². The molecular formula is C15H21NO3S. The van der Waals surface area contributed by atoms with E-state index in [2.05, 4.69) is 31.3 Å². The second kappa shape index (κ2) is 6.50. The molecule has 0 aromatic heterocycles. The van der Waals surface area contributed by atoms with Crippen molar-refractivity contribution in [2.24, 2.45) is 5.92 Å². The topological polar surface area (TPSA) is 66.4 Å². The summed E-state index contributed by atoms with van der Waals surface area (Å²) in [5.41, 5.74) is 2.28. The van der Waals surface area contributed by atoms with Crippen molar-refractivity contribution in [3.63, 3.8) is 0 Å². The number of carboxylic acid groups (broad SMARTS) is 1. The van der Waals surface area contributed by atoms with Crippen LogP contribution in [0.15, 0.2) is 24.3 Å². The maximum Gasteiger partial charge on any atom is 0.321 e. The Labute approximate surface area is 122 Å². The predicted octanol–water partition coefficient (Wildman–Crippen LogP) is 1.73. The maximum absolute atomic E-state index is 11.8. The highest BCUT2D eigenvalue weighted by molar-refractivity contribution is 7.85. The summed E-state index contributed by atoms with van der Waals surface area (Å²) in [6, 6.07) is 7.31. The van der Waals surface area contributed by atoms with E-state index < -0.39 is 22.8 Å². The van der Waals surface area contributed by atoms with Crippen LogP contribution in [-0.4, -0.2) is 32.8 Å². The molecule has 0 aliphatic carbocycles. The average molecular weight is 295 g/mol. The van der Waals surface area contributed by atoms with Crippen molar-refractivity contribution in [1.29, 1.82) is 0 Å². The van der Waals surface area contributed by atoms with E-state index in [-0.39, 0.29) is 11.8 Å². The third kappa shape index (κ3) is 3.90. The number of rotatable bonds is 4. The Morgan fingerprint density at radius 2 is 2.00 bits per heavy atom. The molecule has 20 heavy (non-hydrogen) atoms. The number of carboxylic acids is 1. The SMILES string of the molecule is CC(C)Cc1ccc(C2CS(=O)CC(C(=O)O)N2)cc1. The lowest BCUT2D eigenvalue weighted by molar-refractivity contribution is -0.139. The molecule has 4 nitrogen and oxygen atoms in total. The van der Waals surface area contributed by atoms with Gasteiger partial charge in [-0.3, -0.25) is 14.3 Å². The molecule has 1 aliphatic rings. The number of carbonyl (C=O) groups is 1. The molecule has 2 rings (SSSR count). The maximum atomic E-state index is 11.8. The van der Waals surface area contributed by atoms with Gasteiger partial charge < -0.3 is 5.11 Å². The van der Waals surface area contributed by atoms with Gasteiger partial charge in [-0.25, -0.2) is 0 Å². The highest BCUT2D eigenvalue weighted by Crippen LogP contribution is 2.21. The molecule has 2 N–H and O–H groups in total. The first-order valence-corrected chi connectivity index (χ1v) is 8.37. The van der Waals surface area contributed by atoms with Gasteiger partial charge in [-0.05, 0) is 23.5 Å². The molecule has 0 saturated carbocycles. The zero-order valence-electron chi connectivity index (χ0n) is 11.8. The molecule has 1 saturated heterocycles. The smallest absolute Gasteiger partial charge is 0.321 e. The Kier molecular flexibility index (Phi) is 4.94. The Bertz CT molecular complexity index is 498. The Balaban J connectivity index is 2.10. The van der Waals surface area contributed by atoms with E-state index in [1.165, 1.54) is 5.56 Å². The van der Waals surface area contributed by atoms with Crippen LogP contribution in [0.25, 0.3) is 0 Å². The summed E-state index contributed by atoms with van der Waals surface area (Å²) in [6.45, 7) is 4.36. The number of benzene rings is 1. The average Bonchev–Trinajstić information content (AvgIpc) is 2.38. The quantitative estimate of drug-likeness (QED) is 0.888. The van der Waals surface area contributed by atoms with E-state index in [0.717, 1.165) is 12.0 Å². The second-order valence-corrected chi connectivity index (χ2v) is 7.27. The summed E-state index contributed by atoms with van der Waals surface area (Å²) >= 11 is 0. The predicted molar refractivity (Wildman–Crippen MR) is 80.2 cm³/mol. The van der Waals surface area contributed by atoms with E-state index in [4.69, 9.17) is 5.11 Å². The number of hydrogen-bond donors (Lipinski definition) is 2. The summed E-state index contributed by atoms with van der Waals surface area (Å²) in [4.78, 5) is 11.1. The van der Waals surface area contributed by atoms with Gasteiger partial charge in [0.25, 0.3) is 0 Å². The fraction of sp³-hybridized carbons (Fsp3) is 0.533. The molecule has 110 valence electrons. The van der Waals surface area contributed by atoms with Crippen molar-refractivity contribution in [3.05, 3.63) is 35.4 Å². The highest BCUT2D eigenvalue weighted by Gasteiger charge is 2.30. The van der Waals surface area contributed by atoms with Crippen LogP contribution in [0, 0.1) is 5.92 Å². The fourth-order valence-corrected chi connectivity index (χ4v) is 3.88. The van der Waals surface area contributed by atoms with Gasteiger partial charge in [-0.2, -0.15) is 0 Å². The lowest BCUT2D eigenvalue weighted by Crippen LogP contribution is -2.49. The van der Waals surface area contributed by atoms with Crippen LogP contribution in [0.3, 0.4) is 0 Å². The molecule has 1 aromatic carbocycles. The summed E-state index contributed by atoms with van der Waals surface area (Å²) in [6.07, 6.45) is 1.03. The van der Waals surface area contributed by atoms with Gasteiger partial charge in [-0.1, -0.05) is 38.1 Å². The van der Waals surface area contributed by atoms with Gasteiger partial charge in [-0.15, -0.1) is 0 Å². The normalized spacial score (nSPS) is 26.6. The van der Waals surface area contributed by atoms with Crippen molar-refractivity contribution in [2.45, 2.75) is 32.4 Å². The third-order valence-corrected chi connectivity index (χ3v) is 4.84. The first-order valence-electron chi connectivity index (χ1n) is 6.88. The minimum atomic E-state index is -1.08. The summed E-state index contributed by atoms with van der Waals surface area (Å²) in [7, 11) is -1.08. The highest BCUT2D eigenvalue weighted by atomic mass is 32.2. The summed E-state index contributed by atoms with van der Waals surface area (Å²) in [5, 5.41) is 12.1. The van der Waals surface area contributed by atoms with Crippen LogP contribution in [0.5, 0.6) is 0 Å². The molecule has 1 heterocycles. The lowest BCUT2D eigenvalue weighted by Gasteiger charge is -2.28. The Hall–Kier alpha value is -1.20. The monoisotopic (exact) mass is 295 g/mol. The van der Waals surface area contributed by atoms with E-state index in [9.17, 15) is 9.00 Å². The summed E-state index contributed by atoms with van der Waals surface area (Å²) < 4.78 is 11.8. The summed E-state index contributed by atoms with van der Waals surface area (Å²) in [5.74, 6) is 0.349. The van der Waals surface area contributed by atoms with Crippen molar-refractivity contribution in [3.8, 4) is 0 Å². The molecule has 0 bridgehead atoms. The van der Waals surface area contributed by atoms with E-state index >= 15 is 0 Å². The van der Waals surface area contributed by atoms with Crippen molar-refractivity contribution in [2.75, 3.05) is 11.5 Å². The molecule has 1 aliphatic heterocycles. The van der Waals surface area contributed by atoms with E-state index in [0.29, 0.717) is 11.7 Å². The van der Waals surface area contributed by atoms with Crippen LogP contribution < -0.4 is 5.32 Å². The van der Waals surface area contributed by atoms with E-state index in [1.54, 1.807) is 0 Å². The van der Waals surface area contributed by atoms with Crippen molar-refractivity contribution >= 4 is 16.8 Å². The molecule has 0 spiro atoms. The van der Waals surface area contributed by atoms with Gasteiger partial charge in [0.2, 0.25) is 0 Å². The molecule has 5 heteroatoms. The number of aliphatic carboxylic acids is 1. The first kappa shape index (κ1) is 15.2. The van der Waals surface area contributed by atoms with Crippen LogP contribution in [0.4, 0.5) is 0 Å². The first-order chi connectivity index (χ1) is 9.45. The van der Waals surface area contributed by atoms with Crippen LogP contribution in [0.2, 0.25) is 0 Å². The minimum Gasteiger partial charge on any atom is -0.480 e.